The van der Waals surface area contributed by atoms with E-state index in [-0.39, 0.29) is 22.6 Å². The number of fused-ring (bicyclic) bond motifs is 1. The quantitative estimate of drug-likeness (QED) is 0.175. The minimum atomic E-state index is -1.59. The second-order valence-electron chi connectivity index (χ2n) is 10.6. The molecule has 3 aromatic rings. The molecule has 8 heteroatoms. The molecule has 0 atom stereocenters. The van der Waals surface area contributed by atoms with Crippen molar-refractivity contribution in [2.75, 3.05) is 0 Å². The molecule has 0 saturated heterocycles. The number of carbonyl (C=O) groups is 2. The van der Waals surface area contributed by atoms with Gasteiger partial charge < -0.3 is 20.1 Å². The number of esters is 1. The number of benzene rings is 3. The minimum absolute atomic E-state index is 0.00808. The number of aromatic carboxylic acids is 1. The normalized spacial score (nSPS) is 13.8. The highest BCUT2D eigenvalue weighted by Gasteiger charge is 2.52. The molecule has 0 saturated carbocycles. The number of hydrogen-bond donors (Lipinski definition) is 3. The first-order valence-electron chi connectivity index (χ1n) is 14.3. The minimum Gasteiger partial charge on any atom is -0.507 e. The van der Waals surface area contributed by atoms with Crippen molar-refractivity contribution in [3.8, 4) is 11.5 Å². The monoisotopic (exact) mass is 686 g/mol. The standard InChI is InChI=1S/C33H36Br2O6/c1-5-9-19-21(11-7-3)29(34)27(36)16-25(19)33(24-15-18(31(38)39)13-14-23(24)32(40)41-33)26-17-28(37)30(35)22(12-8-4)20(26)10-6-2/h13-17,36-37H,5-12H2,1-4H3,(H,38,39). The highest BCUT2D eigenvalue weighted by atomic mass is 79.9. The second-order valence-corrected chi connectivity index (χ2v) is 12.2. The summed E-state index contributed by atoms with van der Waals surface area (Å²) in [5.74, 6) is -1.69. The maximum absolute atomic E-state index is 13.7. The summed E-state index contributed by atoms with van der Waals surface area (Å²) in [5.41, 5.74) is 3.97. The molecular formula is C33H36Br2O6. The van der Waals surface area contributed by atoms with E-state index in [1.54, 1.807) is 12.1 Å². The number of carboxylic acids is 1. The van der Waals surface area contributed by atoms with Gasteiger partial charge in [-0.2, -0.15) is 0 Å². The lowest BCUT2D eigenvalue weighted by atomic mass is 9.72. The molecule has 0 amide bonds. The summed E-state index contributed by atoms with van der Waals surface area (Å²) in [6.45, 7) is 8.26. The van der Waals surface area contributed by atoms with Gasteiger partial charge in [-0.1, -0.05) is 53.4 Å². The summed E-state index contributed by atoms with van der Waals surface area (Å²) in [4.78, 5) is 25.8. The first kappa shape index (κ1) is 31.1. The Bertz CT molecular complexity index is 1440. The fourth-order valence-corrected chi connectivity index (χ4v) is 7.24. The van der Waals surface area contributed by atoms with Crippen LogP contribution in [0.3, 0.4) is 0 Å². The van der Waals surface area contributed by atoms with Crippen LogP contribution in [0.4, 0.5) is 0 Å². The number of carbonyl (C=O) groups excluding carboxylic acids is 1. The molecule has 0 radical (unpaired) electrons. The molecule has 0 unspecified atom stereocenters. The molecule has 218 valence electrons. The zero-order valence-corrected chi connectivity index (χ0v) is 27.0. The summed E-state index contributed by atoms with van der Waals surface area (Å²) in [7, 11) is 0. The largest absolute Gasteiger partial charge is 0.507 e. The molecule has 1 aliphatic rings. The van der Waals surface area contributed by atoms with E-state index in [0.717, 1.165) is 47.9 Å². The van der Waals surface area contributed by atoms with Gasteiger partial charge in [0.05, 0.1) is 20.1 Å². The number of halogens is 2. The van der Waals surface area contributed by atoms with Gasteiger partial charge in [0.25, 0.3) is 0 Å². The predicted octanol–water partition coefficient (Wildman–Crippen LogP) is 8.59. The Hall–Kier alpha value is -2.84. The predicted molar refractivity (Wildman–Crippen MR) is 166 cm³/mol. The Morgan fingerprint density at radius 3 is 1.59 bits per heavy atom. The van der Waals surface area contributed by atoms with Gasteiger partial charge in [-0.05, 0) is 110 Å². The van der Waals surface area contributed by atoms with Crippen LogP contribution in [0.25, 0.3) is 0 Å². The van der Waals surface area contributed by atoms with E-state index in [2.05, 4.69) is 59.6 Å². The van der Waals surface area contributed by atoms with E-state index in [1.165, 1.54) is 18.2 Å². The molecule has 0 spiro atoms. The molecule has 1 aliphatic heterocycles. The summed E-state index contributed by atoms with van der Waals surface area (Å²) in [6.07, 6.45) is 5.88. The zero-order chi connectivity index (χ0) is 30.1. The van der Waals surface area contributed by atoms with E-state index < -0.39 is 17.5 Å². The first-order valence-corrected chi connectivity index (χ1v) is 15.8. The van der Waals surface area contributed by atoms with Gasteiger partial charge in [0.1, 0.15) is 11.5 Å². The number of hydrogen-bond acceptors (Lipinski definition) is 5. The average molecular weight is 688 g/mol. The molecular weight excluding hydrogens is 652 g/mol. The summed E-state index contributed by atoms with van der Waals surface area (Å²) in [6, 6.07) is 7.68. The van der Waals surface area contributed by atoms with Gasteiger partial charge in [-0.15, -0.1) is 0 Å². The lowest BCUT2D eigenvalue weighted by Crippen LogP contribution is -2.33. The van der Waals surface area contributed by atoms with Crippen molar-refractivity contribution >= 4 is 43.8 Å². The molecule has 0 aromatic heterocycles. The van der Waals surface area contributed by atoms with E-state index in [1.807, 2.05) is 0 Å². The van der Waals surface area contributed by atoms with E-state index >= 15 is 0 Å². The third kappa shape index (κ3) is 5.29. The third-order valence-electron chi connectivity index (χ3n) is 7.79. The van der Waals surface area contributed by atoms with E-state index in [9.17, 15) is 24.9 Å². The number of phenolic OH excluding ortho intramolecular Hbond substituents is 2. The van der Waals surface area contributed by atoms with Crippen molar-refractivity contribution in [3.63, 3.8) is 0 Å². The molecule has 4 rings (SSSR count). The Kier molecular flexibility index (Phi) is 9.54. The van der Waals surface area contributed by atoms with Crippen molar-refractivity contribution in [2.45, 2.75) is 84.7 Å². The highest BCUT2D eigenvalue weighted by molar-refractivity contribution is 9.11. The number of ether oxygens (including phenoxy) is 1. The SMILES string of the molecule is CCCc1c(C2(c3cc(O)c(Br)c(CCC)c3CCC)OC(=O)c3ccc(C(=O)O)cc32)cc(O)c(Br)c1CCC. The van der Waals surface area contributed by atoms with Gasteiger partial charge in [-0.25, -0.2) is 9.59 Å². The number of rotatable bonds is 11. The topological polar surface area (TPSA) is 104 Å². The Morgan fingerprint density at radius 2 is 1.17 bits per heavy atom. The van der Waals surface area contributed by atoms with E-state index in [4.69, 9.17) is 4.74 Å². The fraction of sp³-hybridized carbons (Fsp3) is 0.394. The van der Waals surface area contributed by atoms with Gasteiger partial charge in [0.15, 0.2) is 5.60 Å². The first-order chi connectivity index (χ1) is 19.6. The van der Waals surface area contributed by atoms with Crippen molar-refractivity contribution < 1.29 is 29.6 Å². The Labute approximate surface area is 258 Å². The van der Waals surface area contributed by atoms with Gasteiger partial charge >= 0.3 is 11.9 Å². The molecule has 0 aliphatic carbocycles. The van der Waals surface area contributed by atoms with Crippen molar-refractivity contribution in [1.82, 2.24) is 0 Å². The Morgan fingerprint density at radius 1 is 0.732 bits per heavy atom. The second kappa shape index (κ2) is 12.6. The molecule has 1 heterocycles. The smallest absolute Gasteiger partial charge is 0.340 e. The zero-order valence-electron chi connectivity index (χ0n) is 23.9. The van der Waals surface area contributed by atoms with Gasteiger partial charge in [0, 0.05) is 16.7 Å². The third-order valence-corrected chi connectivity index (χ3v) is 9.56. The van der Waals surface area contributed by atoms with Crippen LogP contribution in [0.1, 0.15) is 113 Å². The lowest BCUT2D eigenvalue weighted by Gasteiger charge is -2.36. The highest BCUT2D eigenvalue weighted by Crippen LogP contribution is 2.54. The van der Waals surface area contributed by atoms with Crippen LogP contribution in [0.15, 0.2) is 39.3 Å². The molecule has 3 N–H and O–H groups in total. The van der Waals surface area contributed by atoms with Crippen LogP contribution in [-0.2, 0) is 36.0 Å². The number of carboxylic acid groups (broad SMARTS) is 1. The van der Waals surface area contributed by atoms with Crippen molar-refractivity contribution in [2.24, 2.45) is 0 Å². The van der Waals surface area contributed by atoms with Crippen LogP contribution in [-0.4, -0.2) is 27.3 Å². The average Bonchev–Trinajstić information content (AvgIpc) is 3.24. The van der Waals surface area contributed by atoms with Crippen LogP contribution >= 0.6 is 31.9 Å². The van der Waals surface area contributed by atoms with Crippen LogP contribution in [0, 0.1) is 0 Å². The van der Waals surface area contributed by atoms with Crippen LogP contribution in [0.5, 0.6) is 11.5 Å². The molecule has 3 aromatic carbocycles. The summed E-state index contributed by atoms with van der Waals surface area (Å²) in [5, 5.41) is 32.4. The van der Waals surface area contributed by atoms with Crippen LogP contribution in [0.2, 0.25) is 0 Å². The van der Waals surface area contributed by atoms with Crippen LogP contribution < -0.4 is 0 Å². The fourth-order valence-electron chi connectivity index (χ4n) is 6.14. The molecule has 41 heavy (non-hydrogen) atoms. The molecule has 6 nitrogen and oxygen atoms in total. The van der Waals surface area contributed by atoms with E-state index in [0.29, 0.717) is 51.3 Å². The summed E-state index contributed by atoms with van der Waals surface area (Å²) < 4.78 is 7.67. The summed E-state index contributed by atoms with van der Waals surface area (Å²) >= 11 is 7.21. The number of phenols is 2. The van der Waals surface area contributed by atoms with Gasteiger partial charge in [-0.3, -0.25) is 0 Å². The Balaban J connectivity index is 2.29. The molecule has 0 bridgehead atoms. The lowest BCUT2D eigenvalue weighted by molar-refractivity contribution is 0.0244. The maximum Gasteiger partial charge on any atom is 0.340 e. The molecule has 0 fully saturated rings. The van der Waals surface area contributed by atoms with Crippen molar-refractivity contribution in [1.29, 1.82) is 0 Å². The maximum atomic E-state index is 13.7. The van der Waals surface area contributed by atoms with Crippen molar-refractivity contribution in [3.05, 3.63) is 89.3 Å². The number of aromatic hydroxyl groups is 2. The number of cyclic esters (lactones) is 1. The van der Waals surface area contributed by atoms with Gasteiger partial charge in [0.2, 0.25) is 0 Å².